The van der Waals surface area contributed by atoms with Crippen LogP contribution in [-0.2, 0) is 0 Å². The van der Waals surface area contributed by atoms with E-state index in [0.29, 0.717) is 5.92 Å². The van der Waals surface area contributed by atoms with Crippen LogP contribution >= 0.6 is 11.8 Å². The molecule has 0 aliphatic rings. The molecule has 3 heteroatoms. The fraction of sp³-hybridized carbons (Fsp3) is 0.600. The first-order chi connectivity index (χ1) is 15.4. The Kier molecular flexibility index (Phi) is 16.9. The van der Waals surface area contributed by atoms with E-state index >= 15 is 0 Å². The summed E-state index contributed by atoms with van der Waals surface area (Å²) >= 11 is 1.95. The van der Waals surface area contributed by atoms with E-state index in [1.807, 2.05) is 18.7 Å². The Hall–Kier alpha value is -1.61. The molecule has 0 aromatic rings. The van der Waals surface area contributed by atoms with Crippen LogP contribution in [0.1, 0.15) is 87.5 Å². The highest BCUT2D eigenvalue weighted by molar-refractivity contribution is 7.99. The van der Waals surface area contributed by atoms with Crippen molar-refractivity contribution in [3.8, 4) is 0 Å². The minimum Gasteiger partial charge on any atom is -0.381 e. The zero-order chi connectivity index (χ0) is 25.4. The second-order valence-electron chi connectivity index (χ2n) is 10.2. The molecule has 0 aromatic heterocycles. The van der Waals surface area contributed by atoms with E-state index in [0.717, 1.165) is 54.2 Å². The SMILES string of the molecule is C=C(C)NC(CC(C)C)C(=C)NC(CSC/C=C(\C)CC/C=C(\C)CCC=C(C)C)C(=C)C. The number of allylic oxidation sites excluding steroid dienone is 6. The maximum absolute atomic E-state index is 4.33. The highest BCUT2D eigenvalue weighted by Gasteiger charge is 2.18. The van der Waals surface area contributed by atoms with Crippen molar-refractivity contribution >= 4 is 11.8 Å². The molecule has 2 nitrogen and oxygen atoms in total. The standard InChI is InChI=1S/C30H52N2S/c1-22(2)14-12-15-26(9)16-13-17-27(10)18-19-33-21-30(24(5)6)32-28(11)29(20-23(3)4)31-25(7)8/h14,16,18,23,29-32H,5,7,11-13,15,17,19-21H2,1-4,6,8-10H3/b26-16+,27-18+. The van der Waals surface area contributed by atoms with E-state index in [4.69, 9.17) is 0 Å². The molecule has 0 spiro atoms. The van der Waals surface area contributed by atoms with Gasteiger partial charge in [-0.25, -0.2) is 0 Å². The molecule has 188 valence electrons. The van der Waals surface area contributed by atoms with Gasteiger partial charge in [0.2, 0.25) is 0 Å². The lowest BCUT2D eigenvalue weighted by atomic mass is 10.0. The predicted molar refractivity (Wildman–Crippen MR) is 155 cm³/mol. The molecule has 0 aliphatic heterocycles. The fourth-order valence-electron chi connectivity index (χ4n) is 3.41. The lowest BCUT2D eigenvalue weighted by Gasteiger charge is -2.29. The van der Waals surface area contributed by atoms with Crippen LogP contribution in [-0.4, -0.2) is 23.6 Å². The van der Waals surface area contributed by atoms with Crippen LogP contribution in [0.3, 0.4) is 0 Å². The van der Waals surface area contributed by atoms with Crippen LogP contribution in [0.2, 0.25) is 0 Å². The normalized spacial score (nSPS) is 14.0. The largest absolute Gasteiger partial charge is 0.381 e. The minimum absolute atomic E-state index is 0.190. The van der Waals surface area contributed by atoms with Crippen LogP contribution in [0.4, 0.5) is 0 Å². The summed E-state index contributed by atoms with van der Waals surface area (Å²) in [6.45, 7) is 30.0. The highest BCUT2D eigenvalue weighted by atomic mass is 32.2. The minimum atomic E-state index is 0.190. The highest BCUT2D eigenvalue weighted by Crippen LogP contribution is 2.17. The lowest BCUT2D eigenvalue weighted by molar-refractivity contribution is 0.462. The molecule has 0 saturated heterocycles. The summed E-state index contributed by atoms with van der Waals surface area (Å²) in [7, 11) is 0. The third kappa shape index (κ3) is 17.5. The Morgan fingerprint density at radius 3 is 1.88 bits per heavy atom. The van der Waals surface area contributed by atoms with Crippen LogP contribution in [0, 0.1) is 5.92 Å². The quantitative estimate of drug-likeness (QED) is 0.154. The fourth-order valence-corrected chi connectivity index (χ4v) is 4.56. The van der Waals surface area contributed by atoms with Crippen molar-refractivity contribution in [1.82, 2.24) is 10.6 Å². The van der Waals surface area contributed by atoms with Crippen LogP contribution < -0.4 is 10.6 Å². The molecule has 2 N–H and O–H groups in total. The average Bonchev–Trinajstić information content (AvgIpc) is 2.68. The molecule has 0 saturated carbocycles. The number of rotatable bonds is 18. The zero-order valence-electron chi connectivity index (χ0n) is 22.9. The van der Waals surface area contributed by atoms with E-state index in [2.05, 4.69) is 97.1 Å². The monoisotopic (exact) mass is 472 g/mol. The van der Waals surface area contributed by atoms with Gasteiger partial charge >= 0.3 is 0 Å². The third-order valence-corrected chi connectivity index (χ3v) is 6.43. The van der Waals surface area contributed by atoms with Crippen LogP contribution in [0.15, 0.2) is 71.7 Å². The molecule has 33 heavy (non-hydrogen) atoms. The summed E-state index contributed by atoms with van der Waals surface area (Å²) in [6.07, 6.45) is 12.7. The molecule has 0 aliphatic carbocycles. The summed E-state index contributed by atoms with van der Waals surface area (Å²) in [5, 5.41) is 7.11. The smallest absolute Gasteiger partial charge is 0.0653 e. The van der Waals surface area contributed by atoms with E-state index in [-0.39, 0.29) is 12.1 Å². The van der Waals surface area contributed by atoms with Gasteiger partial charge < -0.3 is 10.6 Å². The second kappa shape index (κ2) is 17.8. The van der Waals surface area contributed by atoms with Gasteiger partial charge in [0.15, 0.2) is 0 Å². The molecule has 0 fully saturated rings. The Balaban J connectivity index is 4.55. The molecule has 0 aromatic carbocycles. The molecule has 0 rings (SSSR count). The van der Waals surface area contributed by atoms with E-state index in [9.17, 15) is 0 Å². The van der Waals surface area contributed by atoms with Crippen LogP contribution in [0.25, 0.3) is 0 Å². The van der Waals surface area contributed by atoms with Gasteiger partial charge in [-0.15, -0.1) is 0 Å². The average molecular weight is 473 g/mol. The van der Waals surface area contributed by atoms with Crippen molar-refractivity contribution in [2.24, 2.45) is 5.92 Å². The number of nitrogens with one attached hydrogen (secondary N) is 2. The molecular formula is C30H52N2S. The summed E-state index contributed by atoms with van der Waals surface area (Å²) < 4.78 is 0. The molecule has 0 amide bonds. The third-order valence-electron chi connectivity index (χ3n) is 5.46. The van der Waals surface area contributed by atoms with E-state index in [1.54, 1.807) is 0 Å². The summed E-state index contributed by atoms with van der Waals surface area (Å²) in [4.78, 5) is 0. The van der Waals surface area contributed by atoms with Gasteiger partial charge in [-0.3, -0.25) is 0 Å². The molecular weight excluding hydrogens is 420 g/mol. The van der Waals surface area contributed by atoms with Crippen molar-refractivity contribution in [3.05, 3.63) is 71.7 Å². The Morgan fingerprint density at radius 1 is 0.788 bits per heavy atom. The number of hydrogen-bond acceptors (Lipinski definition) is 3. The summed E-state index contributed by atoms with van der Waals surface area (Å²) in [5.74, 6) is 2.61. The number of hydrogen-bond donors (Lipinski definition) is 2. The maximum Gasteiger partial charge on any atom is 0.0653 e. The van der Waals surface area contributed by atoms with Gasteiger partial charge in [0.05, 0.1) is 12.1 Å². The van der Waals surface area contributed by atoms with Crippen molar-refractivity contribution in [2.75, 3.05) is 11.5 Å². The summed E-state index contributed by atoms with van der Waals surface area (Å²) in [5.41, 5.74) is 7.54. The van der Waals surface area contributed by atoms with Gasteiger partial charge in [-0.2, -0.15) is 11.8 Å². The topological polar surface area (TPSA) is 24.1 Å². The Morgan fingerprint density at radius 2 is 1.36 bits per heavy atom. The van der Waals surface area contributed by atoms with Gasteiger partial charge in [0.1, 0.15) is 0 Å². The van der Waals surface area contributed by atoms with E-state index in [1.165, 1.54) is 23.1 Å². The van der Waals surface area contributed by atoms with E-state index < -0.39 is 0 Å². The van der Waals surface area contributed by atoms with Gasteiger partial charge in [0, 0.05) is 22.9 Å². The molecule has 2 unspecified atom stereocenters. The Labute approximate surface area is 210 Å². The number of thioether (sulfide) groups is 1. The molecule has 0 bridgehead atoms. The molecule has 0 heterocycles. The molecule has 0 radical (unpaired) electrons. The van der Waals surface area contributed by atoms with Gasteiger partial charge in [0.25, 0.3) is 0 Å². The molecule has 2 atom stereocenters. The van der Waals surface area contributed by atoms with Crippen molar-refractivity contribution in [2.45, 2.75) is 99.6 Å². The zero-order valence-corrected chi connectivity index (χ0v) is 23.8. The first kappa shape index (κ1) is 31.4. The van der Waals surface area contributed by atoms with Gasteiger partial charge in [-0.1, -0.05) is 74.1 Å². The maximum atomic E-state index is 4.33. The predicted octanol–water partition coefficient (Wildman–Crippen LogP) is 8.72. The first-order valence-corrected chi connectivity index (χ1v) is 13.6. The summed E-state index contributed by atoms with van der Waals surface area (Å²) in [6, 6.07) is 0.416. The van der Waals surface area contributed by atoms with Crippen molar-refractivity contribution in [3.63, 3.8) is 0 Å². The van der Waals surface area contributed by atoms with Crippen molar-refractivity contribution in [1.29, 1.82) is 0 Å². The lowest BCUT2D eigenvalue weighted by Crippen LogP contribution is -2.41. The second-order valence-corrected chi connectivity index (χ2v) is 11.2. The Bertz CT molecular complexity index is 705. The first-order valence-electron chi connectivity index (χ1n) is 12.5. The van der Waals surface area contributed by atoms with Gasteiger partial charge in [-0.05, 0) is 79.6 Å². The van der Waals surface area contributed by atoms with Crippen molar-refractivity contribution < 1.29 is 0 Å². The van der Waals surface area contributed by atoms with Crippen LogP contribution in [0.5, 0.6) is 0 Å².